The lowest BCUT2D eigenvalue weighted by Gasteiger charge is -2.26. The van der Waals surface area contributed by atoms with E-state index < -0.39 is 11.2 Å². The molecule has 2 unspecified atom stereocenters. The number of fused-ring (bicyclic) bond motifs is 6. The molecule has 2 atom stereocenters. The van der Waals surface area contributed by atoms with Gasteiger partial charge in [0.2, 0.25) is 5.91 Å². The Kier molecular flexibility index (Phi) is 33.9. The lowest BCUT2D eigenvalue weighted by Crippen LogP contribution is -2.37. The van der Waals surface area contributed by atoms with Crippen molar-refractivity contribution in [2.75, 3.05) is 70.6 Å². The number of morpholine rings is 1. The van der Waals surface area contributed by atoms with E-state index in [1.807, 2.05) is 166 Å². The van der Waals surface area contributed by atoms with E-state index in [9.17, 15) is 47.9 Å². The molecule has 0 bridgehead atoms. The summed E-state index contributed by atoms with van der Waals surface area (Å²) in [7, 11) is 2.64. The Hall–Kier alpha value is -14.4. The van der Waals surface area contributed by atoms with Gasteiger partial charge in [0.15, 0.2) is 64.8 Å². The van der Waals surface area contributed by atoms with E-state index in [0.29, 0.717) is 131 Å². The number of esters is 2. The molecule has 137 heavy (non-hydrogen) atoms. The highest BCUT2D eigenvalue weighted by molar-refractivity contribution is 8.01. The van der Waals surface area contributed by atoms with E-state index in [2.05, 4.69) is 100 Å². The number of carbonyl (C=O) groups excluding carboxylic acids is 4. The highest BCUT2D eigenvalue weighted by Gasteiger charge is 2.25. The van der Waals surface area contributed by atoms with Gasteiger partial charge in [-0.2, -0.15) is 35.9 Å². The van der Waals surface area contributed by atoms with E-state index in [0.717, 1.165) is 97.3 Å². The van der Waals surface area contributed by atoms with Gasteiger partial charge in [0.05, 0.1) is 127 Å². The molecule has 48 heteroatoms. The SMILES string of the molecule is CC(Sc1nc2c(cnn2-c2cccc(Cl)c2)c(=O)[nH]1)C(=O)CCCN1CCOCC1.CCC(Sc1nc2c(cnn2-c2cccc(Cl)c2)c(=O)[nH]1)C(=O)OC.COC(=O)CSc1nc2c(cnn2-c2ccccc2)c(=O)[nH]1.CSc1nc2c(cnn2-c2ccccc2)c(=O)[nH]1.N#CCSc1nc2c(cnn2-c2ccccc2)c(=O)[nH]1.NC(=O)CSc1nc2c(cnn2-c2ccccc2)c(=O)[nH]1. The molecule has 0 aliphatic carbocycles. The summed E-state index contributed by atoms with van der Waals surface area (Å²) in [5.41, 5.74) is 11.0. The lowest BCUT2D eigenvalue weighted by molar-refractivity contribution is -0.140. The Bertz CT molecular complexity index is 7780. The van der Waals surface area contributed by atoms with E-state index in [-0.39, 0.29) is 73.6 Å². The Morgan fingerprint density at radius 2 is 0.781 bits per heavy atom. The fourth-order valence-corrected chi connectivity index (χ4v) is 17.5. The third-order valence-corrected chi connectivity index (χ3v) is 25.6. The van der Waals surface area contributed by atoms with Gasteiger partial charge in [0.25, 0.3) is 33.4 Å². The number of para-hydroxylation sites is 4. The summed E-state index contributed by atoms with van der Waals surface area (Å²) in [5.74, 6) is -0.724. The molecule has 19 rings (SSSR count). The number of Topliss-reactive ketones (excluding diaryl/α,β-unsaturated/α-hetero) is 1. The lowest BCUT2D eigenvalue weighted by atomic mass is 10.1. The van der Waals surface area contributed by atoms with Crippen LogP contribution in [0.25, 0.3) is 100 Å². The van der Waals surface area contributed by atoms with E-state index >= 15 is 0 Å². The van der Waals surface area contributed by atoms with Gasteiger partial charge in [0.1, 0.15) is 43.4 Å². The highest BCUT2D eigenvalue weighted by atomic mass is 35.5. The number of nitrogens with two attached hydrogens (primary N) is 1. The first kappa shape index (κ1) is 98.6. The van der Waals surface area contributed by atoms with Crippen LogP contribution < -0.4 is 39.1 Å². The Morgan fingerprint density at radius 3 is 1.12 bits per heavy atom. The van der Waals surface area contributed by atoms with Gasteiger partial charge in [0, 0.05) is 29.6 Å². The van der Waals surface area contributed by atoms with Crippen LogP contribution in [-0.2, 0) is 33.4 Å². The number of ketones is 1. The molecule has 700 valence electrons. The fourth-order valence-electron chi connectivity index (χ4n) is 13.2. The number of methoxy groups -OCH3 is 2. The zero-order valence-electron chi connectivity index (χ0n) is 73.1. The fraction of sp³-hybridized carbons (Fsp3) is 0.202. The summed E-state index contributed by atoms with van der Waals surface area (Å²) in [6.07, 6.45) is 12.6. The first-order valence-electron chi connectivity index (χ1n) is 41.5. The van der Waals surface area contributed by atoms with Crippen LogP contribution in [0.5, 0.6) is 0 Å². The minimum absolute atomic E-state index is 0.0495. The second-order valence-electron chi connectivity index (χ2n) is 28.9. The van der Waals surface area contributed by atoms with Crippen LogP contribution >= 0.6 is 93.8 Å². The topological polar surface area (TPSA) is 530 Å². The van der Waals surface area contributed by atoms with E-state index in [4.69, 9.17) is 43.7 Å². The van der Waals surface area contributed by atoms with E-state index in [1.54, 1.807) is 58.4 Å². The summed E-state index contributed by atoms with van der Waals surface area (Å²) in [5, 5.41) is 39.2. The number of aromatic nitrogens is 24. The van der Waals surface area contributed by atoms with Crippen LogP contribution in [0.3, 0.4) is 0 Å². The molecular weight excluding hydrogens is 1920 g/mol. The Labute approximate surface area is 810 Å². The van der Waals surface area contributed by atoms with Gasteiger partial charge in [-0.05, 0) is 117 Å². The number of ether oxygens (including phenoxy) is 3. The monoisotopic (exact) mass is 2000 g/mol. The maximum atomic E-state index is 12.6. The molecule has 6 aromatic carbocycles. The molecule has 1 aliphatic heterocycles. The normalized spacial score (nSPS) is 12.2. The van der Waals surface area contributed by atoms with Crippen molar-refractivity contribution in [1.29, 1.82) is 5.26 Å². The quantitative estimate of drug-likeness (QED) is 0.0150. The largest absolute Gasteiger partial charge is 0.468 e. The average Bonchev–Trinajstić information content (AvgIpc) is 1.69. The maximum Gasteiger partial charge on any atom is 0.319 e. The predicted octanol–water partition coefficient (Wildman–Crippen LogP) is 11.3. The molecule has 1 amide bonds. The van der Waals surface area contributed by atoms with Crippen molar-refractivity contribution in [2.45, 2.75) is 74.5 Å². The number of aromatic amines is 6. The number of nitrogens with one attached hydrogen (secondary N) is 6. The van der Waals surface area contributed by atoms with Gasteiger partial charge in [-0.15, -0.1) is 0 Å². The summed E-state index contributed by atoms with van der Waals surface area (Å²) in [6, 6.07) is 54.1. The van der Waals surface area contributed by atoms with Crippen molar-refractivity contribution in [2.24, 2.45) is 5.73 Å². The number of H-pyrrole nitrogens is 6. The number of carbonyl (C=O) groups is 4. The molecule has 12 aromatic heterocycles. The van der Waals surface area contributed by atoms with Crippen LogP contribution in [0.4, 0.5) is 0 Å². The van der Waals surface area contributed by atoms with Crippen LogP contribution in [0.15, 0.2) is 267 Å². The number of halogens is 2. The second kappa shape index (κ2) is 47.2. The molecule has 8 N–H and O–H groups in total. The first-order chi connectivity index (χ1) is 66.5. The smallest absolute Gasteiger partial charge is 0.319 e. The summed E-state index contributed by atoms with van der Waals surface area (Å²) < 4.78 is 24.3. The zero-order valence-corrected chi connectivity index (χ0v) is 79.5. The minimum atomic E-state index is -0.473. The third-order valence-electron chi connectivity index (χ3n) is 19.8. The third kappa shape index (κ3) is 25.0. The second-order valence-corrected chi connectivity index (χ2v) is 36.0. The van der Waals surface area contributed by atoms with Crippen LogP contribution in [0, 0.1) is 11.3 Å². The van der Waals surface area contributed by atoms with Gasteiger partial charge < -0.3 is 49.8 Å². The van der Waals surface area contributed by atoms with Crippen molar-refractivity contribution in [1.82, 2.24) is 123 Å². The standard InChI is InChI=1S/C21H24ClN5O3S.C16H15ClN4O3S.C14H12N4O3S.C13H11N5O2S.C13H9N5OS.C12H10N4OS/c1-14(18(28)6-3-7-26-8-10-30-11-9-26)31-21-24-19-17(20(29)25-21)13-23-27(19)16-5-2-4-15(22)12-16;1-3-12(15(23)24-2)25-16-19-13-11(14(22)20-16)8-18-21(13)10-6-4-5-9(17)7-10;1-21-11(19)8-22-14-16-12-10(13(20)17-14)7-15-18(12)9-5-3-2-4-6-9;14-10(19)7-21-13-16-11-9(12(20)17-13)6-15-18(11)8-4-2-1-3-5-8;14-6-7-20-13-16-11-10(12(19)17-13)8-15-18(11)9-4-2-1-3-5-9;1-18-12-14-10-9(11(17)15-12)7-13-16(10)8-5-3-2-4-6-8/h2,4-5,12-14H,3,6-11H2,1H3,(H,24,25,29);4-8,12H,3H2,1-2H3,(H,19,20,22);2-7H,8H2,1H3,(H,16,17,20);1-6H,7H2,(H2,14,19)(H,16,17,20);1-5,8H,7H2,(H,16,17,19);2-7H,1H3,(H,14,15,17). The molecule has 0 radical (unpaired) electrons. The summed E-state index contributed by atoms with van der Waals surface area (Å²) in [6.45, 7) is 7.96. The number of rotatable bonds is 26. The molecule has 0 saturated carbocycles. The number of primary amides is 1. The molecule has 40 nitrogen and oxygen atoms in total. The molecule has 0 spiro atoms. The first-order valence-corrected chi connectivity index (χ1v) is 48.2. The van der Waals surface area contributed by atoms with Gasteiger partial charge in [-0.3, -0.25) is 52.8 Å². The zero-order chi connectivity index (χ0) is 96.6. The average molecular weight is 2000 g/mol. The number of nitriles is 1. The molecule has 1 aliphatic rings. The Balaban J connectivity index is 0.000000132. The highest BCUT2D eigenvalue weighted by Crippen LogP contribution is 2.29. The maximum absolute atomic E-state index is 12.6. The van der Waals surface area contributed by atoms with Crippen molar-refractivity contribution < 1.29 is 33.4 Å². The van der Waals surface area contributed by atoms with Crippen LogP contribution in [0.1, 0.15) is 33.1 Å². The number of benzene rings is 6. The Morgan fingerprint density at radius 1 is 0.453 bits per heavy atom. The van der Waals surface area contributed by atoms with Crippen molar-refractivity contribution in [3.8, 4) is 40.2 Å². The molecular formula is C89H81Cl2N27O13S6. The van der Waals surface area contributed by atoms with Crippen LogP contribution in [0.2, 0.25) is 10.0 Å². The van der Waals surface area contributed by atoms with Crippen molar-refractivity contribution >= 4 is 184 Å². The van der Waals surface area contributed by atoms with Gasteiger partial charge in [-0.25, -0.2) is 58.0 Å². The summed E-state index contributed by atoms with van der Waals surface area (Å²) in [4.78, 5) is 164. The number of hydrogen-bond donors (Lipinski definition) is 7. The van der Waals surface area contributed by atoms with E-state index in [1.165, 1.54) is 86.7 Å². The molecule has 18 aromatic rings. The van der Waals surface area contributed by atoms with Crippen molar-refractivity contribution in [3.63, 3.8) is 0 Å². The molecule has 13 heterocycles. The molecule has 1 fully saturated rings. The number of hydrogen-bond acceptors (Lipinski definition) is 33. The predicted molar refractivity (Wildman–Crippen MR) is 526 cm³/mol. The van der Waals surface area contributed by atoms with Gasteiger partial charge >= 0.3 is 11.9 Å². The number of nitrogens with zero attached hydrogens (tertiary/aromatic N) is 20. The number of amides is 1. The van der Waals surface area contributed by atoms with Crippen molar-refractivity contribution in [3.05, 3.63) is 279 Å². The number of thioether (sulfide) groups is 6. The van der Waals surface area contributed by atoms with Crippen LogP contribution in [-0.4, -0.2) is 228 Å². The minimum Gasteiger partial charge on any atom is -0.468 e. The summed E-state index contributed by atoms with van der Waals surface area (Å²) >= 11 is 19.3. The van der Waals surface area contributed by atoms with Gasteiger partial charge in [-0.1, -0.05) is 186 Å². The molecule has 1 saturated heterocycles.